The molecule has 0 aliphatic carbocycles. The van der Waals surface area contributed by atoms with E-state index in [0.717, 1.165) is 68.1 Å². The minimum atomic E-state index is -3.45. The van der Waals surface area contributed by atoms with E-state index in [9.17, 15) is 19.7 Å². The standard InChI is InChI=1S/C55H78N5O8P/c1-9-11-13-15-16-19-24-43(23-18-14-12-10-2)53(61)57-51-35-37-59(54(62)58-51)52-39-49(68-69(63,38-22-36-56)60(41(3)4)42(5)6)50(67-52)40-66-55(44-25-20-17-21-26-44,45-27-31-47(64-7)32-28-45)46-29-33-48(65-8)34-30-46/h17,20-21,25-35,37,41-43,49-50,52,63H,9-16,18-19,22-24,38-40H2,1-8H3/p+1/t43?,49-,50+,52+,69?/m0/s1. The summed E-state index contributed by atoms with van der Waals surface area (Å²) < 4.78 is 35.6. The second kappa shape index (κ2) is 27.7. The molecule has 0 spiro atoms. The zero-order valence-electron chi connectivity index (χ0n) is 42.5. The molecule has 4 aromatic rings. The van der Waals surface area contributed by atoms with Gasteiger partial charge in [0.05, 0.1) is 33.3 Å². The van der Waals surface area contributed by atoms with Crippen LogP contribution >= 0.6 is 7.87 Å². The van der Waals surface area contributed by atoms with Gasteiger partial charge in [-0.05, 0) is 87.6 Å². The third kappa shape index (κ3) is 14.9. The van der Waals surface area contributed by atoms with Gasteiger partial charge in [0.25, 0.3) is 0 Å². The number of amides is 1. The van der Waals surface area contributed by atoms with Crippen LogP contribution in [0.2, 0.25) is 0 Å². The molecule has 69 heavy (non-hydrogen) atoms. The first kappa shape index (κ1) is 55.3. The number of nitriles is 1. The quantitative estimate of drug-likeness (QED) is 0.0291. The number of carbonyl (C=O) groups is 1. The predicted octanol–water partition coefficient (Wildman–Crippen LogP) is 12.0. The summed E-state index contributed by atoms with van der Waals surface area (Å²) in [6.07, 6.45) is 12.4. The fraction of sp³-hybridized carbons (Fsp3) is 0.564. The molecule has 5 rings (SSSR count). The van der Waals surface area contributed by atoms with Gasteiger partial charge in [0.2, 0.25) is 5.91 Å². The highest BCUT2D eigenvalue weighted by molar-refractivity contribution is 7.63. The first-order valence-corrected chi connectivity index (χ1v) is 27.1. The molecule has 1 fully saturated rings. The summed E-state index contributed by atoms with van der Waals surface area (Å²) in [5.41, 5.74) is 0.710. The fourth-order valence-corrected chi connectivity index (χ4v) is 12.6. The molecule has 2 heterocycles. The number of hydrogen-bond donors (Lipinski definition) is 2. The molecule has 3 aromatic carbocycles. The molecule has 13 nitrogen and oxygen atoms in total. The summed E-state index contributed by atoms with van der Waals surface area (Å²) in [5.74, 6) is 1.30. The van der Waals surface area contributed by atoms with Gasteiger partial charge in [-0.3, -0.25) is 9.36 Å². The molecular weight excluding hydrogens is 890 g/mol. The van der Waals surface area contributed by atoms with Gasteiger partial charge in [0.1, 0.15) is 47.5 Å². The van der Waals surface area contributed by atoms with Gasteiger partial charge in [0, 0.05) is 30.6 Å². The number of anilines is 1. The fourth-order valence-electron chi connectivity index (χ4n) is 9.69. The Balaban J connectivity index is 1.50. The minimum absolute atomic E-state index is 0.0374. The van der Waals surface area contributed by atoms with Crippen molar-refractivity contribution < 1.29 is 33.2 Å². The number of aromatic nitrogens is 2. The summed E-state index contributed by atoms with van der Waals surface area (Å²) in [4.78, 5) is 44.9. The van der Waals surface area contributed by atoms with Crippen LogP contribution in [0.3, 0.4) is 0 Å². The Bertz CT molecular complexity index is 2180. The number of unbranched alkanes of at least 4 members (excludes halogenated alkanes) is 8. The third-order valence-corrected chi connectivity index (χ3v) is 16.2. The second-order valence-corrected chi connectivity index (χ2v) is 21.2. The number of ether oxygens (including phenoxy) is 4. The van der Waals surface area contributed by atoms with Crippen LogP contribution in [0.15, 0.2) is 95.9 Å². The van der Waals surface area contributed by atoms with Crippen LogP contribution in [0.4, 0.5) is 5.82 Å². The number of rotatable bonds is 30. The molecule has 14 heteroatoms. The van der Waals surface area contributed by atoms with Crippen molar-refractivity contribution >= 4 is 19.6 Å². The van der Waals surface area contributed by atoms with E-state index in [1.807, 2.05) is 111 Å². The van der Waals surface area contributed by atoms with Gasteiger partial charge in [-0.15, -0.1) is 4.67 Å². The number of nitrogens with zero attached hydrogens (tertiary/aromatic N) is 4. The van der Waals surface area contributed by atoms with E-state index >= 15 is 0 Å². The molecule has 1 amide bonds. The molecule has 0 radical (unpaired) electrons. The lowest BCUT2D eigenvalue weighted by molar-refractivity contribution is -0.120. The zero-order valence-corrected chi connectivity index (χ0v) is 43.4. The smallest absolute Gasteiger partial charge is 0.351 e. The number of benzene rings is 3. The average Bonchev–Trinajstić information content (AvgIpc) is 3.74. The van der Waals surface area contributed by atoms with E-state index in [1.54, 1.807) is 26.5 Å². The third-order valence-electron chi connectivity index (χ3n) is 13.1. The lowest BCUT2D eigenvalue weighted by atomic mass is 9.80. The molecule has 1 saturated heterocycles. The monoisotopic (exact) mass is 969 g/mol. The van der Waals surface area contributed by atoms with Crippen LogP contribution in [0.25, 0.3) is 0 Å². The van der Waals surface area contributed by atoms with Crippen molar-refractivity contribution in [2.24, 2.45) is 5.92 Å². The molecule has 5 atom stereocenters. The van der Waals surface area contributed by atoms with Crippen molar-refractivity contribution in [3.8, 4) is 17.6 Å². The zero-order chi connectivity index (χ0) is 49.8. The molecule has 1 aromatic heterocycles. The highest BCUT2D eigenvalue weighted by Gasteiger charge is 2.54. The molecule has 1 aliphatic rings. The largest absolute Gasteiger partial charge is 0.497 e. The molecule has 376 valence electrons. The van der Waals surface area contributed by atoms with Crippen LogP contribution in [0.1, 0.15) is 154 Å². The number of methoxy groups -OCH3 is 2. The van der Waals surface area contributed by atoms with E-state index in [-0.39, 0.29) is 55.3 Å². The van der Waals surface area contributed by atoms with Crippen LogP contribution < -0.4 is 20.5 Å². The van der Waals surface area contributed by atoms with Crippen molar-refractivity contribution in [2.45, 2.75) is 168 Å². The van der Waals surface area contributed by atoms with Crippen molar-refractivity contribution in [1.29, 1.82) is 5.26 Å². The SMILES string of the molecule is CCCCCCCCC(CCCCCC)C(=O)Nc1ccn([C@H]2C[C@H](O[P+](O)(CCC#N)N(C(C)C)C(C)C)[C@@H](COC(c3ccccc3)(c3ccc(OC)cc3)c3ccc(OC)cc3)O2)c(=O)n1. The van der Waals surface area contributed by atoms with Gasteiger partial charge in [-0.2, -0.15) is 14.8 Å². The summed E-state index contributed by atoms with van der Waals surface area (Å²) in [6, 6.07) is 29.1. The van der Waals surface area contributed by atoms with Gasteiger partial charge < -0.3 is 24.3 Å². The lowest BCUT2D eigenvalue weighted by Gasteiger charge is -2.38. The van der Waals surface area contributed by atoms with Crippen molar-refractivity contribution in [3.63, 3.8) is 0 Å². The maximum atomic E-state index is 14.1. The summed E-state index contributed by atoms with van der Waals surface area (Å²) >= 11 is 0. The average molecular weight is 969 g/mol. The Labute approximate surface area is 412 Å². The molecule has 1 aliphatic heterocycles. The Morgan fingerprint density at radius 1 is 0.841 bits per heavy atom. The Morgan fingerprint density at radius 3 is 1.90 bits per heavy atom. The summed E-state index contributed by atoms with van der Waals surface area (Å²) in [5, 5.41) is 12.8. The lowest BCUT2D eigenvalue weighted by Crippen LogP contribution is -2.42. The summed E-state index contributed by atoms with van der Waals surface area (Å²) in [6.45, 7) is 12.4. The minimum Gasteiger partial charge on any atom is -0.497 e. The van der Waals surface area contributed by atoms with Crippen LogP contribution in [-0.2, 0) is 24.4 Å². The van der Waals surface area contributed by atoms with Gasteiger partial charge in [0.15, 0.2) is 0 Å². The Kier molecular flexibility index (Phi) is 22.1. The molecule has 2 N–H and O–H groups in total. The molecule has 0 saturated carbocycles. The number of hydrogen-bond acceptors (Lipinski definition) is 11. The normalized spacial score (nSPS) is 17.5. The maximum Gasteiger partial charge on any atom is 0.351 e. The van der Waals surface area contributed by atoms with Gasteiger partial charge in [-0.25, -0.2) is 9.69 Å². The van der Waals surface area contributed by atoms with E-state index in [0.29, 0.717) is 11.5 Å². The highest BCUT2D eigenvalue weighted by Crippen LogP contribution is 2.63. The van der Waals surface area contributed by atoms with Crippen LogP contribution in [0.5, 0.6) is 11.5 Å². The molecule has 0 bridgehead atoms. The predicted molar refractivity (Wildman–Crippen MR) is 275 cm³/mol. The first-order chi connectivity index (χ1) is 33.3. The van der Waals surface area contributed by atoms with Crippen LogP contribution in [0, 0.1) is 17.2 Å². The van der Waals surface area contributed by atoms with Gasteiger partial charge in [-0.1, -0.05) is 133 Å². The molecular formula is C55H79N5O8P+. The van der Waals surface area contributed by atoms with Crippen molar-refractivity contribution in [1.82, 2.24) is 14.2 Å². The van der Waals surface area contributed by atoms with Gasteiger partial charge >= 0.3 is 13.6 Å². The van der Waals surface area contributed by atoms with Crippen molar-refractivity contribution in [3.05, 3.63) is 118 Å². The highest BCUT2D eigenvalue weighted by atomic mass is 31.2. The van der Waals surface area contributed by atoms with Crippen molar-refractivity contribution in [2.75, 3.05) is 32.3 Å². The van der Waals surface area contributed by atoms with E-state index in [4.69, 9.17) is 23.5 Å². The second-order valence-electron chi connectivity index (χ2n) is 18.8. The van der Waals surface area contributed by atoms with E-state index < -0.39 is 37.6 Å². The topological polar surface area (TPSA) is 157 Å². The molecule has 2 unspecified atom stereocenters. The van der Waals surface area contributed by atoms with E-state index in [2.05, 4.69) is 30.2 Å². The summed E-state index contributed by atoms with van der Waals surface area (Å²) in [7, 11) is -0.193. The Morgan fingerprint density at radius 2 is 1.38 bits per heavy atom. The Hall–Kier alpha value is -4.67. The maximum absolute atomic E-state index is 14.1. The number of carbonyl (C=O) groups excluding carboxylic acids is 1. The van der Waals surface area contributed by atoms with E-state index in [1.165, 1.54) is 30.3 Å². The first-order valence-electron chi connectivity index (χ1n) is 25.3. The van der Waals surface area contributed by atoms with Crippen LogP contribution in [-0.4, -0.2) is 76.3 Å². The number of nitrogens with one attached hydrogen (secondary N) is 1.